The molecule has 82 valence electrons. The van der Waals surface area contributed by atoms with E-state index in [-0.39, 0.29) is 0 Å². The number of hydrogen-bond acceptors (Lipinski definition) is 3. The Labute approximate surface area is 86.6 Å². The maximum Gasteiger partial charge on any atom is 0.0731 e. The lowest BCUT2D eigenvalue weighted by Gasteiger charge is -2.46. The Balaban J connectivity index is 2.01. The molecule has 14 heavy (non-hydrogen) atoms. The fourth-order valence-electron chi connectivity index (χ4n) is 2.81. The van der Waals surface area contributed by atoms with Crippen LogP contribution in [-0.4, -0.2) is 42.8 Å². The summed E-state index contributed by atoms with van der Waals surface area (Å²) in [4.78, 5) is 2.56. The van der Waals surface area contributed by atoms with Crippen LogP contribution in [0, 0.1) is 0 Å². The molecule has 2 N–H and O–H groups in total. The highest BCUT2D eigenvalue weighted by atomic mass is 16.5. The fraction of sp³-hybridized carbons (Fsp3) is 1.00. The van der Waals surface area contributed by atoms with E-state index in [4.69, 9.17) is 10.5 Å². The van der Waals surface area contributed by atoms with Crippen molar-refractivity contribution < 1.29 is 4.74 Å². The second-order valence-corrected chi connectivity index (χ2v) is 4.58. The molecule has 2 rings (SSSR count). The lowest BCUT2D eigenvalue weighted by atomic mass is 9.89. The highest BCUT2D eigenvalue weighted by Gasteiger charge is 2.35. The van der Waals surface area contributed by atoms with Crippen LogP contribution in [0.15, 0.2) is 0 Å². The van der Waals surface area contributed by atoms with Gasteiger partial charge in [-0.2, -0.15) is 0 Å². The minimum atomic E-state index is 0.492. The molecule has 0 bridgehead atoms. The molecule has 0 aromatic rings. The molecular formula is C11H22N2O. The van der Waals surface area contributed by atoms with Crippen LogP contribution in [0.2, 0.25) is 0 Å². The molecule has 1 aliphatic heterocycles. The first-order chi connectivity index (χ1) is 6.83. The molecule has 3 nitrogen and oxygen atoms in total. The average Bonchev–Trinajstić information content (AvgIpc) is 2.27. The molecule has 3 heteroatoms. The van der Waals surface area contributed by atoms with Crippen molar-refractivity contribution in [1.82, 2.24) is 4.90 Å². The SMILES string of the molecule is CC(CN)N1CCOC2CCCCC21. The summed E-state index contributed by atoms with van der Waals surface area (Å²) in [7, 11) is 0. The highest BCUT2D eigenvalue weighted by molar-refractivity contribution is 4.89. The zero-order valence-corrected chi connectivity index (χ0v) is 9.11. The molecule has 0 amide bonds. The third-order valence-corrected chi connectivity index (χ3v) is 3.68. The molecule has 0 aromatic carbocycles. The van der Waals surface area contributed by atoms with Gasteiger partial charge in [0.1, 0.15) is 0 Å². The van der Waals surface area contributed by atoms with E-state index in [1.54, 1.807) is 0 Å². The lowest BCUT2D eigenvalue weighted by molar-refractivity contribution is -0.0989. The minimum Gasteiger partial charge on any atom is -0.375 e. The van der Waals surface area contributed by atoms with Crippen LogP contribution in [0.3, 0.4) is 0 Å². The van der Waals surface area contributed by atoms with Gasteiger partial charge in [0.25, 0.3) is 0 Å². The van der Waals surface area contributed by atoms with Crippen LogP contribution in [0.4, 0.5) is 0 Å². The van der Waals surface area contributed by atoms with Crippen molar-refractivity contribution in [2.75, 3.05) is 19.7 Å². The maximum absolute atomic E-state index is 5.82. The van der Waals surface area contributed by atoms with Gasteiger partial charge in [-0.3, -0.25) is 4.90 Å². The third-order valence-electron chi connectivity index (χ3n) is 3.68. The molecule has 2 fully saturated rings. The molecule has 3 atom stereocenters. The highest BCUT2D eigenvalue weighted by Crippen LogP contribution is 2.29. The van der Waals surface area contributed by atoms with Crippen molar-refractivity contribution >= 4 is 0 Å². The molecule has 1 saturated heterocycles. The van der Waals surface area contributed by atoms with Gasteiger partial charge in [-0.15, -0.1) is 0 Å². The van der Waals surface area contributed by atoms with E-state index in [1.165, 1.54) is 25.7 Å². The summed E-state index contributed by atoms with van der Waals surface area (Å²) < 4.78 is 5.82. The normalized spacial score (nSPS) is 36.4. The van der Waals surface area contributed by atoms with Crippen LogP contribution < -0.4 is 5.73 Å². The van der Waals surface area contributed by atoms with Gasteiger partial charge in [0.2, 0.25) is 0 Å². The van der Waals surface area contributed by atoms with Crippen LogP contribution in [0.1, 0.15) is 32.6 Å². The van der Waals surface area contributed by atoms with E-state index in [0.29, 0.717) is 18.2 Å². The van der Waals surface area contributed by atoms with Crippen molar-refractivity contribution in [3.63, 3.8) is 0 Å². The van der Waals surface area contributed by atoms with Gasteiger partial charge in [-0.1, -0.05) is 12.8 Å². The molecule has 1 aliphatic carbocycles. The zero-order valence-electron chi connectivity index (χ0n) is 9.11. The summed E-state index contributed by atoms with van der Waals surface area (Å²) in [5, 5.41) is 0. The van der Waals surface area contributed by atoms with Crippen molar-refractivity contribution in [3.05, 3.63) is 0 Å². The van der Waals surface area contributed by atoms with Crippen molar-refractivity contribution in [2.45, 2.75) is 50.8 Å². The van der Waals surface area contributed by atoms with Gasteiger partial charge < -0.3 is 10.5 Å². The third kappa shape index (κ3) is 1.95. The molecular weight excluding hydrogens is 176 g/mol. The molecule has 1 saturated carbocycles. The first-order valence-corrected chi connectivity index (χ1v) is 5.90. The van der Waals surface area contributed by atoms with Gasteiger partial charge in [-0.05, 0) is 19.8 Å². The second-order valence-electron chi connectivity index (χ2n) is 4.58. The Hall–Kier alpha value is -0.120. The topological polar surface area (TPSA) is 38.5 Å². The summed E-state index contributed by atoms with van der Waals surface area (Å²) in [5.74, 6) is 0. The number of nitrogens with zero attached hydrogens (tertiary/aromatic N) is 1. The Morgan fingerprint density at radius 2 is 2.21 bits per heavy atom. The van der Waals surface area contributed by atoms with Gasteiger partial charge in [0.15, 0.2) is 0 Å². The van der Waals surface area contributed by atoms with Gasteiger partial charge >= 0.3 is 0 Å². The molecule has 3 unspecified atom stereocenters. The molecule has 2 aliphatic rings. The standard InChI is InChI=1S/C11H22N2O/c1-9(8-12)13-6-7-14-11-5-3-2-4-10(11)13/h9-11H,2-8,12H2,1H3. The van der Waals surface area contributed by atoms with Crippen molar-refractivity contribution in [1.29, 1.82) is 0 Å². The molecule has 1 heterocycles. The van der Waals surface area contributed by atoms with Crippen molar-refractivity contribution in [3.8, 4) is 0 Å². The molecule has 0 radical (unpaired) electrons. The summed E-state index contributed by atoms with van der Waals surface area (Å²) >= 11 is 0. The number of fused-ring (bicyclic) bond motifs is 1. The van der Waals surface area contributed by atoms with Gasteiger partial charge in [-0.25, -0.2) is 0 Å². The second kappa shape index (κ2) is 4.60. The van der Waals surface area contributed by atoms with Crippen LogP contribution >= 0.6 is 0 Å². The zero-order chi connectivity index (χ0) is 9.97. The Bertz CT molecular complexity index is 182. The van der Waals surface area contributed by atoms with E-state index in [9.17, 15) is 0 Å². The monoisotopic (exact) mass is 198 g/mol. The minimum absolute atomic E-state index is 0.492. The number of ether oxygens (including phenoxy) is 1. The van der Waals surface area contributed by atoms with Gasteiger partial charge in [0, 0.05) is 25.2 Å². The first kappa shape index (κ1) is 10.4. The number of morpholine rings is 1. The Kier molecular flexibility index (Phi) is 3.42. The fourth-order valence-corrected chi connectivity index (χ4v) is 2.81. The van der Waals surface area contributed by atoms with E-state index in [1.807, 2.05) is 0 Å². The van der Waals surface area contributed by atoms with Crippen LogP contribution in [-0.2, 0) is 4.74 Å². The maximum atomic E-state index is 5.82. The average molecular weight is 198 g/mol. The van der Waals surface area contributed by atoms with E-state index >= 15 is 0 Å². The predicted molar refractivity (Wildman–Crippen MR) is 57.2 cm³/mol. The number of rotatable bonds is 2. The molecule has 0 aromatic heterocycles. The smallest absolute Gasteiger partial charge is 0.0731 e. The van der Waals surface area contributed by atoms with E-state index < -0.39 is 0 Å². The Morgan fingerprint density at radius 1 is 1.43 bits per heavy atom. The largest absolute Gasteiger partial charge is 0.375 e. The quantitative estimate of drug-likeness (QED) is 0.719. The summed E-state index contributed by atoms with van der Waals surface area (Å²) in [6.45, 7) is 4.96. The summed E-state index contributed by atoms with van der Waals surface area (Å²) in [6, 6.07) is 1.17. The van der Waals surface area contributed by atoms with Crippen molar-refractivity contribution in [2.24, 2.45) is 5.73 Å². The summed E-state index contributed by atoms with van der Waals surface area (Å²) in [5.41, 5.74) is 5.74. The number of hydrogen-bond donors (Lipinski definition) is 1. The van der Waals surface area contributed by atoms with E-state index in [0.717, 1.165) is 19.7 Å². The first-order valence-electron chi connectivity index (χ1n) is 5.90. The predicted octanol–water partition coefficient (Wildman–Crippen LogP) is 0.977. The summed E-state index contributed by atoms with van der Waals surface area (Å²) in [6.07, 6.45) is 5.74. The Morgan fingerprint density at radius 3 is 3.00 bits per heavy atom. The van der Waals surface area contributed by atoms with Crippen LogP contribution in [0.25, 0.3) is 0 Å². The number of nitrogens with two attached hydrogens (primary N) is 1. The van der Waals surface area contributed by atoms with Crippen LogP contribution in [0.5, 0.6) is 0 Å². The van der Waals surface area contributed by atoms with E-state index in [2.05, 4.69) is 11.8 Å². The molecule has 0 spiro atoms. The lowest BCUT2D eigenvalue weighted by Crippen LogP contribution is -2.57. The van der Waals surface area contributed by atoms with Gasteiger partial charge in [0.05, 0.1) is 12.7 Å².